The van der Waals surface area contributed by atoms with Gasteiger partial charge in [-0.05, 0) is 50.2 Å². The third kappa shape index (κ3) is 3.82. The number of nitrogens with one attached hydrogen (secondary N) is 2. The Hall–Kier alpha value is -4.42. The Balaban J connectivity index is 1.41. The zero-order chi connectivity index (χ0) is 31.1. The van der Waals surface area contributed by atoms with Crippen LogP contribution in [0.4, 0.5) is 16.4 Å². The first kappa shape index (κ1) is 20.5. The number of carbonyl (C=O) groups excluding carboxylic acids is 2. The van der Waals surface area contributed by atoms with Gasteiger partial charge in [0.15, 0.2) is 5.65 Å². The molecule has 0 spiro atoms. The normalized spacial score (nSPS) is 28.0. The maximum Gasteiger partial charge on any atom is 0.407 e. The largest absolute Gasteiger partial charge is 0.453 e. The van der Waals surface area contributed by atoms with E-state index in [1.807, 2.05) is 13.8 Å². The second kappa shape index (κ2) is 8.82. The molecule has 4 N–H and O–H groups in total. The highest BCUT2D eigenvalue weighted by atomic mass is 16.5. The molecule has 4 aromatic rings. The number of imidazole rings is 1. The quantitative estimate of drug-likeness (QED) is 0.337. The zero-order valence-electron chi connectivity index (χ0n) is 25.7. The molecule has 2 amide bonds. The fourth-order valence-electron chi connectivity index (χ4n) is 5.69. The molecule has 0 aliphatic heterocycles. The smallest absolute Gasteiger partial charge is 0.407 e. The van der Waals surface area contributed by atoms with Crippen LogP contribution >= 0.6 is 0 Å². The van der Waals surface area contributed by atoms with Gasteiger partial charge in [-0.2, -0.15) is 5.10 Å². The third-order valence-electron chi connectivity index (χ3n) is 7.93. The average molecular weight is 538 g/mol. The van der Waals surface area contributed by atoms with Crippen LogP contribution in [0.25, 0.3) is 22.1 Å². The summed E-state index contributed by atoms with van der Waals surface area (Å²) in [4.78, 5) is 46.8. The molecule has 0 bridgehead atoms. The van der Waals surface area contributed by atoms with Crippen LogP contribution in [-0.4, -0.2) is 54.0 Å². The Labute approximate surface area is 229 Å². The highest BCUT2D eigenvalue weighted by Gasteiger charge is 2.59. The van der Waals surface area contributed by atoms with Crippen molar-refractivity contribution in [3.8, 4) is 0 Å². The van der Waals surface area contributed by atoms with Crippen molar-refractivity contribution in [1.82, 2.24) is 34.2 Å². The number of carbonyl (C=O) groups is 2. The summed E-state index contributed by atoms with van der Waals surface area (Å²) in [6.07, 6.45) is 3.40. The van der Waals surface area contributed by atoms with Gasteiger partial charge in [-0.1, -0.05) is 6.92 Å². The number of pyridine rings is 2. The lowest BCUT2D eigenvalue weighted by atomic mass is 10.2. The number of nitrogens with two attached hydrogens (primary N) is 1. The number of aromatic nitrogens is 6. The molecule has 2 aliphatic rings. The highest BCUT2D eigenvalue weighted by Crippen LogP contribution is 2.50. The van der Waals surface area contributed by atoms with E-state index in [4.69, 9.17) is 16.2 Å². The monoisotopic (exact) mass is 537 g/mol. The van der Waals surface area contributed by atoms with E-state index in [0.717, 1.165) is 10.9 Å². The first-order valence-corrected chi connectivity index (χ1v) is 12.6. The van der Waals surface area contributed by atoms with Crippen LogP contribution in [0, 0.1) is 12.8 Å². The molecule has 4 atom stereocenters. The molecule has 204 valence electrons. The lowest BCUT2D eigenvalue weighted by Crippen LogP contribution is -2.36. The fraction of sp³-hybridized carbons (Fsp3) is 0.462. The summed E-state index contributed by atoms with van der Waals surface area (Å²) in [5, 5.41) is 10.8. The lowest BCUT2D eigenvalue weighted by molar-refractivity contribution is -0.123. The number of primary amides is 1. The topological polar surface area (TPSA) is 164 Å². The molecule has 4 heterocycles. The second-order valence-corrected chi connectivity index (χ2v) is 10.3. The van der Waals surface area contributed by atoms with Gasteiger partial charge in [0.2, 0.25) is 5.91 Å². The summed E-state index contributed by atoms with van der Waals surface area (Å²) in [5.74, 6) is 0.213. The fourth-order valence-corrected chi connectivity index (χ4v) is 5.69. The molecule has 0 radical (unpaired) electrons. The van der Waals surface area contributed by atoms with Crippen molar-refractivity contribution in [2.45, 2.75) is 57.1 Å². The second-order valence-electron chi connectivity index (χ2n) is 10.3. The van der Waals surface area contributed by atoms with Crippen LogP contribution in [-0.2, 0) is 22.0 Å². The van der Waals surface area contributed by atoms with Gasteiger partial charge >= 0.3 is 11.8 Å². The van der Waals surface area contributed by atoms with E-state index in [1.165, 1.54) is 17.9 Å². The van der Waals surface area contributed by atoms with Crippen molar-refractivity contribution in [3.05, 3.63) is 40.6 Å². The molecule has 0 unspecified atom stereocenters. The number of nitrogens with zero attached hydrogens (tertiary/aromatic N) is 6. The third-order valence-corrected chi connectivity index (χ3v) is 7.93. The number of hydrogen-bond acceptors (Lipinski definition) is 8. The van der Waals surface area contributed by atoms with Crippen LogP contribution in [0.2, 0.25) is 0 Å². The summed E-state index contributed by atoms with van der Waals surface area (Å²) >= 11 is 0. The molecular formula is C26H31N9O4. The van der Waals surface area contributed by atoms with Crippen molar-refractivity contribution in [1.29, 1.82) is 0 Å². The van der Waals surface area contributed by atoms with Crippen molar-refractivity contribution in [2.24, 2.45) is 18.6 Å². The van der Waals surface area contributed by atoms with Gasteiger partial charge in [0.1, 0.15) is 17.2 Å². The molecule has 0 saturated heterocycles. The zero-order valence-corrected chi connectivity index (χ0v) is 21.7. The maximum atomic E-state index is 13.5. The van der Waals surface area contributed by atoms with Crippen molar-refractivity contribution in [2.75, 3.05) is 12.4 Å². The van der Waals surface area contributed by atoms with Crippen LogP contribution in [0.1, 0.15) is 49.7 Å². The molecule has 6 rings (SSSR count). The Kier molecular flexibility index (Phi) is 4.64. The summed E-state index contributed by atoms with van der Waals surface area (Å²) in [6, 6.07) is 1.39. The molecule has 2 saturated carbocycles. The minimum absolute atomic E-state index is 0.00996. The van der Waals surface area contributed by atoms with Gasteiger partial charge in [0.05, 0.1) is 31.9 Å². The van der Waals surface area contributed by atoms with Gasteiger partial charge < -0.3 is 21.1 Å². The van der Waals surface area contributed by atoms with E-state index in [0.29, 0.717) is 34.4 Å². The van der Waals surface area contributed by atoms with Gasteiger partial charge in [0.25, 0.3) is 0 Å². The molecule has 2 fully saturated rings. The Morgan fingerprint density at radius 2 is 2.05 bits per heavy atom. The van der Waals surface area contributed by atoms with E-state index in [9.17, 15) is 14.4 Å². The number of methoxy groups -OCH3 is 1. The number of fused-ring (bicyclic) bond motifs is 2. The van der Waals surface area contributed by atoms with Gasteiger partial charge in [0, 0.05) is 34.6 Å². The first-order chi connectivity index (χ1) is 20.2. The maximum absolute atomic E-state index is 13.5. The number of ether oxygens (including phenoxy) is 1. The summed E-state index contributed by atoms with van der Waals surface area (Å²) in [7, 11) is 1.20. The van der Waals surface area contributed by atoms with E-state index in [-0.39, 0.29) is 30.1 Å². The van der Waals surface area contributed by atoms with Crippen LogP contribution in [0.5, 0.6) is 0 Å². The summed E-state index contributed by atoms with van der Waals surface area (Å²) < 4.78 is 40.9. The Bertz CT molecular complexity index is 1860. The van der Waals surface area contributed by atoms with Crippen molar-refractivity contribution < 1.29 is 19.8 Å². The van der Waals surface area contributed by atoms with E-state index in [2.05, 4.69) is 25.5 Å². The van der Waals surface area contributed by atoms with Crippen LogP contribution < -0.4 is 22.1 Å². The molecule has 13 heteroatoms. The lowest BCUT2D eigenvalue weighted by Gasteiger charge is -2.15. The number of amides is 2. The highest BCUT2D eigenvalue weighted by molar-refractivity contribution is 5.90. The van der Waals surface area contributed by atoms with Crippen molar-refractivity contribution >= 4 is 45.7 Å². The number of aryl methyl sites for hydroxylation is 2. The Morgan fingerprint density at radius 1 is 1.26 bits per heavy atom. The predicted molar refractivity (Wildman–Crippen MR) is 144 cm³/mol. The average Bonchev–Trinajstić information content (AvgIpc) is 3.19. The SMILES string of the molecule is [2H]C([2H])([2H])n1c(=O)n([C@@H]2CC[C@@]([2H])(NC(=O)OC)C2)c2cc(Nc3cc(C)c4cnn([C@@]5(C(N)=O)C[C@@H]5C)c4n3)ncc21. The van der Waals surface area contributed by atoms with Crippen molar-refractivity contribution in [3.63, 3.8) is 0 Å². The Morgan fingerprint density at radius 3 is 2.74 bits per heavy atom. The minimum atomic E-state index is -2.78. The molecule has 2 aliphatic carbocycles. The number of rotatable bonds is 6. The standard InChI is InChI=1S/C26H31N9O4/c1-13-7-21(32-22-17(13)11-29-35(22)26(23(27)36)10-14(26)2)31-20-9-18-19(12-28-20)33(3)25(38)34(18)16-6-5-15(8-16)30-24(37)39-4/h7,9,11-12,14-16H,5-6,8,10H2,1-4H3,(H2,27,36)(H,30,37)(H,28,31,32)/t14-,15+,16+,26-/m0/s1/i3D3,15D. The first-order valence-electron chi connectivity index (χ1n) is 14.6. The molecule has 0 aromatic carbocycles. The van der Waals surface area contributed by atoms with E-state index < -0.39 is 42.3 Å². The minimum Gasteiger partial charge on any atom is -0.453 e. The molecule has 39 heavy (non-hydrogen) atoms. The summed E-state index contributed by atoms with van der Waals surface area (Å²) in [6.45, 7) is 1.03. The van der Waals surface area contributed by atoms with Gasteiger partial charge in [-0.25, -0.2) is 24.2 Å². The molecular weight excluding hydrogens is 502 g/mol. The van der Waals surface area contributed by atoms with E-state index in [1.54, 1.807) is 23.0 Å². The number of hydrogen-bond donors (Lipinski definition) is 3. The van der Waals surface area contributed by atoms with Crippen LogP contribution in [0.15, 0.2) is 29.3 Å². The summed E-state index contributed by atoms with van der Waals surface area (Å²) in [5.41, 5.74) is 5.76. The number of anilines is 2. The van der Waals surface area contributed by atoms with E-state index >= 15 is 0 Å². The molecule has 13 nitrogen and oxygen atoms in total. The van der Waals surface area contributed by atoms with Crippen LogP contribution in [0.3, 0.4) is 0 Å². The molecule has 4 aromatic heterocycles. The predicted octanol–water partition coefficient (Wildman–Crippen LogP) is 2.20. The van der Waals surface area contributed by atoms with Gasteiger partial charge in [-0.15, -0.1) is 0 Å². The van der Waals surface area contributed by atoms with Gasteiger partial charge in [-0.3, -0.25) is 13.9 Å². The number of alkyl carbamates (subject to hydrolysis) is 1.